The summed E-state index contributed by atoms with van der Waals surface area (Å²) in [6, 6.07) is 0. The fourth-order valence-electron chi connectivity index (χ4n) is 3.81. The molecule has 1 N–H and O–H groups in total. The van der Waals surface area contributed by atoms with Crippen molar-refractivity contribution in [2.75, 3.05) is 0 Å². The Morgan fingerprint density at radius 3 is 2.55 bits per heavy atom. The molecule has 5 atom stereocenters. The molecule has 1 saturated heterocycles. The van der Waals surface area contributed by atoms with E-state index in [-0.39, 0.29) is 6.42 Å². The van der Waals surface area contributed by atoms with Gasteiger partial charge in [0.05, 0.1) is 5.25 Å². The lowest BCUT2D eigenvalue weighted by molar-refractivity contribution is -0.180. The summed E-state index contributed by atoms with van der Waals surface area (Å²) >= 11 is 0. The summed E-state index contributed by atoms with van der Waals surface area (Å²) in [6.45, 7) is 1.33. The number of carbonyl (C=O) groups excluding carboxylic acids is 1. The van der Waals surface area contributed by atoms with Crippen LogP contribution in [0.4, 0.5) is 8.78 Å². The van der Waals surface area contributed by atoms with Gasteiger partial charge in [-0.05, 0) is 19.8 Å². The molecular weight excluding hydrogens is 350 g/mol. The van der Waals surface area contributed by atoms with Crippen LogP contribution in [0.5, 0.6) is 0 Å². The first-order valence-electron chi connectivity index (χ1n) is 6.31. The van der Waals surface area contributed by atoms with Crippen molar-refractivity contribution in [1.29, 1.82) is 0 Å². The first-order chi connectivity index (χ1) is 9.81. The fraction of sp³-hybridized carbons (Fsp3) is 0.900. The average Bonchev–Trinajstić information content (AvgIpc) is 2.90. The van der Waals surface area contributed by atoms with Crippen molar-refractivity contribution in [3.8, 4) is 0 Å². The predicted molar refractivity (Wildman–Crippen MR) is 64.8 cm³/mol. The maximum atomic E-state index is 13.3. The zero-order valence-electron chi connectivity index (χ0n) is 11.1. The van der Waals surface area contributed by atoms with E-state index in [9.17, 15) is 30.4 Å². The van der Waals surface area contributed by atoms with Gasteiger partial charge in [-0.25, -0.2) is 4.79 Å². The molecule has 2 bridgehead atoms. The zero-order valence-corrected chi connectivity index (χ0v) is 12.7. The minimum absolute atomic E-state index is 0.0952. The van der Waals surface area contributed by atoms with E-state index in [1.165, 1.54) is 6.92 Å². The number of hydrogen-bond donors (Lipinski definition) is 1. The Bertz CT molecular complexity index is 745. The molecule has 0 amide bonds. The van der Waals surface area contributed by atoms with Gasteiger partial charge in [0.2, 0.25) is 0 Å². The number of carbonyl (C=O) groups is 1. The smallest absolute Gasteiger partial charge is 0.454 e. The van der Waals surface area contributed by atoms with E-state index in [0.29, 0.717) is 6.42 Å². The molecule has 0 aromatic heterocycles. The second kappa shape index (κ2) is 4.16. The number of rotatable bonds is 3. The van der Waals surface area contributed by atoms with Gasteiger partial charge in [-0.15, -0.1) is 0 Å². The van der Waals surface area contributed by atoms with Gasteiger partial charge in [-0.2, -0.15) is 25.6 Å². The van der Waals surface area contributed by atoms with Crippen molar-refractivity contribution < 1.29 is 43.9 Å². The van der Waals surface area contributed by atoms with Crippen LogP contribution in [0.1, 0.15) is 19.8 Å². The molecule has 12 heteroatoms. The summed E-state index contributed by atoms with van der Waals surface area (Å²) in [5.41, 5.74) is -1.49. The van der Waals surface area contributed by atoms with E-state index in [1.54, 1.807) is 0 Å². The summed E-state index contributed by atoms with van der Waals surface area (Å²) in [5.74, 6) is -3.46. The van der Waals surface area contributed by atoms with Crippen molar-refractivity contribution in [3.63, 3.8) is 0 Å². The molecule has 22 heavy (non-hydrogen) atoms. The fourth-order valence-corrected chi connectivity index (χ4v) is 6.18. The highest BCUT2D eigenvalue weighted by Crippen LogP contribution is 2.61. The summed E-state index contributed by atoms with van der Waals surface area (Å²) in [4.78, 5) is 11.4. The van der Waals surface area contributed by atoms with Crippen LogP contribution < -0.4 is 0 Å². The lowest BCUT2D eigenvalue weighted by atomic mass is 9.83. The molecule has 2 aliphatic carbocycles. The predicted octanol–water partition coefficient (Wildman–Crippen LogP) is -0.0941. The highest BCUT2D eigenvalue weighted by Gasteiger charge is 2.72. The van der Waals surface area contributed by atoms with Crippen LogP contribution in [0.2, 0.25) is 0 Å². The van der Waals surface area contributed by atoms with Crippen molar-refractivity contribution in [1.82, 2.24) is 0 Å². The maximum absolute atomic E-state index is 13.3. The lowest BCUT2D eigenvalue weighted by Gasteiger charge is -2.33. The second-order valence-corrected chi connectivity index (χ2v) is 9.17. The van der Waals surface area contributed by atoms with Crippen LogP contribution in [0, 0.1) is 11.8 Å². The van der Waals surface area contributed by atoms with E-state index in [4.69, 9.17) is 8.74 Å². The molecule has 126 valence electrons. The van der Waals surface area contributed by atoms with E-state index in [1.807, 2.05) is 0 Å². The highest BCUT2D eigenvalue weighted by atomic mass is 32.2. The third-order valence-electron chi connectivity index (χ3n) is 4.73. The maximum Gasteiger partial charge on any atom is 0.465 e. The van der Waals surface area contributed by atoms with Gasteiger partial charge in [0.1, 0.15) is 11.7 Å². The van der Waals surface area contributed by atoms with Crippen molar-refractivity contribution in [2.24, 2.45) is 11.8 Å². The first kappa shape index (κ1) is 16.0. The number of fused-ring (bicyclic) bond motifs is 1. The van der Waals surface area contributed by atoms with Crippen LogP contribution in [-0.4, -0.2) is 49.6 Å². The molecule has 3 aliphatic rings. The highest BCUT2D eigenvalue weighted by molar-refractivity contribution is 7.88. The van der Waals surface area contributed by atoms with Gasteiger partial charge < -0.3 is 4.74 Å². The molecule has 3 fully saturated rings. The van der Waals surface area contributed by atoms with E-state index in [2.05, 4.69) is 4.74 Å². The van der Waals surface area contributed by atoms with Gasteiger partial charge in [0.15, 0.2) is 0 Å². The number of hydrogen-bond acceptors (Lipinski definition) is 7. The number of esters is 1. The van der Waals surface area contributed by atoms with Gasteiger partial charge >= 0.3 is 21.3 Å². The largest absolute Gasteiger partial charge is 0.465 e. The minimum Gasteiger partial charge on any atom is -0.454 e. The average molecular weight is 362 g/mol. The van der Waals surface area contributed by atoms with Gasteiger partial charge in [0.25, 0.3) is 10.1 Å². The van der Waals surface area contributed by atoms with Crippen LogP contribution in [0.25, 0.3) is 0 Å². The molecule has 0 aromatic rings. The van der Waals surface area contributed by atoms with E-state index in [0.717, 1.165) is 0 Å². The molecule has 2 saturated carbocycles. The SMILES string of the molecule is CC12OS(=O)(=O)C3CC(CC31)C2OC(=O)C(F)(F)S(=O)(=O)O. The number of alkyl halides is 2. The molecule has 3 rings (SSSR count). The molecule has 0 radical (unpaired) electrons. The third kappa shape index (κ3) is 1.87. The Morgan fingerprint density at radius 1 is 1.41 bits per heavy atom. The molecule has 1 aliphatic heterocycles. The molecule has 0 spiro atoms. The van der Waals surface area contributed by atoms with E-state index >= 15 is 0 Å². The Hall–Kier alpha value is -0.850. The van der Waals surface area contributed by atoms with Crippen LogP contribution in [-0.2, 0) is 34.0 Å². The topological polar surface area (TPSA) is 124 Å². The van der Waals surface area contributed by atoms with Gasteiger partial charge in [0, 0.05) is 11.8 Å². The minimum atomic E-state index is -5.98. The first-order valence-corrected chi connectivity index (χ1v) is 9.22. The second-order valence-electron chi connectivity index (χ2n) is 5.95. The van der Waals surface area contributed by atoms with Crippen molar-refractivity contribution in [2.45, 2.75) is 42.0 Å². The Morgan fingerprint density at radius 2 is 2.00 bits per heavy atom. The monoisotopic (exact) mass is 362 g/mol. The Balaban J connectivity index is 1.89. The molecular formula is C10H12F2O8S2. The number of halogens is 2. The third-order valence-corrected chi connectivity index (χ3v) is 7.40. The standard InChI is InChI=1S/C10H12F2O8S2/c1-9-5-2-4(3-6(5)21(14,15)20-9)7(9)19-8(13)10(11,12)22(16,17)18/h4-7H,2-3H2,1H3,(H,16,17,18). The summed E-state index contributed by atoms with van der Waals surface area (Å²) < 4.78 is 89.2. The zero-order chi connectivity index (χ0) is 16.7. The van der Waals surface area contributed by atoms with Crippen molar-refractivity contribution in [3.05, 3.63) is 0 Å². The summed E-state index contributed by atoms with van der Waals surface area (Å²) in [5, 5.41) is -5.89. The Labute approximate surface area is 124 Å². The van der Waals surface area contributed by atoms with Crippen LogP contribution in [0.3, 0.4) is 0 Å². The molecule has 5 unspecified atom stereocenters. The summed E-state index contributed by atoms with van der Waals surface area (Å²) in [6.07, 6.45) is -0.903. The Kier molecular flexibility index (Phi) is 3.03. The van der Waals surface area contributed by atoms with Crippen LogP contribution in [0.15, 0.2) is 0 Å². The quantitative estimate of drug-likeness (QED) is 0.419. The summed E-state index contributed by atoms with van der Waals surface area (Å²) in [7, 11) is -9.85. The van der Waals surface area contributed by atoms with Crippen molar-refractivity contribution >= 4 is 26.2 Å². The molecule has 8 nitrogen and oxygen atoms in total. The number of ether oxygens (including phenoxy) is 1. The van der Waals surface area contributed by atoms with Gasteiger partial charge in [-0.1, -0.05) is 0 Å². The lowest BCUT2D eigenvalue weighted by Crippen LogP contribution is -2.50. The molecule has 0 aromatic carbocycles. The van der Waals surface area contributed by atoms with E-state index < -0.39 is 60.3 Å². The molecule has 1 heterocycles. The normalized spacial score (nSPS) is 42.5. The van der Waals surface area contributed by atoms with Crippen LogP contribution >= 0.6 is 0 Å². The van der Waals surface area contributed by atoms with Gasteiger partial charge in [-0.3, -0.25) is 8.74 Å².